The van der Waals surface area contributed by atoms with Gasteiger partial charge in [0.25, 0.3) is 0 Å². The van der Waals surface area contributed by atoms with Crippen LogP contribution in [0.1, 0.15) is 18.0 Å². The Hall–Kier alpha value is -2.81. The van der Waals surface area contributed by atoms with Gasteiger partial charge in [0.2, 0.25) is 17.6 Å². The van der Waals surface area contributed by atoms with Crippen molar-refractivity contribution in [2.75, 3.05) is 33.7 Å². The number of hydrogen-bond acceptors (Lipinski definition) is 7. The van der Waals surface area contributed by atoms with E-state index in [1.807, 2.05) is 0 Å². The zero-order chi connectivity index (χ0) is 19.6. The van der Waals surface area contributed by atoms with Crippen molar-refractivity contribution >= 4 is 28.3 Å². The van der Waals surface area contributed by atoms with Crippen molar-refractivity contribution in [1.29, 1.82) is 0 Å². The van der Waals surface area contributed by atoms with E-state index < -0.39 is 12.0 Å². The third kappa shape index (κ3) is 3.42. The van der Waals surface area contributed by atoms with E-state index in [9.17, 15) is 9.59 Å². The van der Waals surface area contributed by atoms with Gasteiger partial charge in [-0.2, -0.15) is 0 Å². The minimum Gasteiger partial charge on any atom is -0.493 e. The van der Waals surface area contributed by atoms with Gasteiger partial charge in [-0.15, -0.1) is 11.3 Å². The van der Waals surface area contributed by atoms with Crippen molar-refractivity contribution in [2.24, 2.45) is 5.92 Å². The van der Waals surface area contributed by atoms with Gasteiger partial charge in [-0.25, -0.2) is 4.98 Å². The fourth-order valence-electron chi connectivity index (χ4n) is 3.37. The van der Waals surface area contributed by atoms with Gasteiger partial charge in [-0.1, -0.05) is 0 Å². The summed E-state index contributed by atoms with van der Waals surface area (Å²) < 4.78 is 16.3. The number of rotatable bonds is 6. The third-order valence-corrected chi connectivity index (χ3v) is 5.33. The number of likely N-dealkylation sites (tertiary alicyclic amines) is 1. The summed E-state index contributed by atoms with van der Waals surface area (Å²) in [6.07, 6.45) is 1.72. The van der Waals surface area contributed by atoms with Crippen LogP contribution in [0.2, 0.25) is 0 Å². The molecular weight excluding hydrogens is 370 g/mol. The highest BCUT2D eigenvalue weighted by atomic mass is 32.1. The highest BCUT2D eigenvalue weighted by Crippen LogP contribution is 2.47. The zero-order valence-corrected chi connectivity index (χ0v) is 16.3. The fraction of sp³-hybridized carbons (Fsp3) is 0.389. The molecule has 2 atom stereocenters. The monoisotopic (exact) mass is 391 g/mol. The van der Waals surface area contributed by atoms with Crippen molar-refractivity contribution in [3.05, 3.63) is 29.3 Å². The Balaban J connectivity index is 2.01. The van der Waals surface area contributed by atoms with Gasteiger partial charge in [-0.3, -0.25) is 9.59 Å². The topological polar surface area (TPSA) is 90.0 Å². The minimum absolute atomic E-state index is 0.107. The predicted molar refractivity (Wildman–Crippen MR) is 100 cm³/mol. The van der Waals surface area contributed by atoms with Crippen molar-refractivity contribution in [2.45, 2.75) is 12.5 Å². The number of aromatic nitrogens is 1. The number of amides is 2. The molecule has 1 aromatic carbocycles. The molecule has 3 rings (SSSR count). The van der Waals surface area contributed by atoms with Crippen LogP contribution in [0.25, 0.3) is 0 Å². The van der Waals surface area contributed by atoms with Gasteiger partial charge in [0.15, 0.2) is 16.6 Å². The van der Waals surface area contributed by atoms with Gasteiger partial charge >= 0.3 is 0 Å². The molecule has 2 amide bonds. The van der Waals surface area contributed by atoms with E-state index in [1.165, 1.54) is 32.7 Å². The summed E-state index contributed by atoms with van der Waals surface area (Å²) in [7, 11) is 6.24. The maximum atomic E-state index is 12.8. The molecule has 1 fully saturated rings. The molecule has 0 saturated carbocycles. The molecule has 8 nitrogen and oxygen atoms in total. The average Bonchev–Trinajstić information content (AvgIpc) is 3.28. The summed E-state index contributed by atoms with van der Waals surface area (Å²) in [6, 6.07) is 3.04. The molecule has 0 aliphatic carbocycles. The molecule has 0 spiro atoms. The SMILES string of the molecule is COc1ccc([C@H]2[C@@H](C(=O)Nc3nccs3)CC(=O)N2C)c(OC)c1OC. The first kappa shape index (κ1) is 19.0. The predicted octanol–water partition coefficient (Wildman–Crippen LogP) is 2.33. The van der Waals surface area contributed by atoms with Gasteiger partial charge in [0.1, 0.15) is 0 Å². The van der Waals surface area contributed by atoms with E-state index in [1.54, 1.807) is 35.7 Å². The summed E-state index contributed by atoms with van der Waals surface area (Å²) >= 11 is 1.32. The number of methoxy groups -OCH3 is 3. The van der Waals surface area contributed by atoms with Crippen LogP contribution in [-0.4, -0.2) is 50.1 Å². The summed E-state index contributed by atoms with van der Waals surface area (Å²) in [4.78, 5) is 30.9. The van der Waals surface area contributed by atoms with Crippen LogP contribution in [0.4, 0.5) is 5.13 Å². The standard InChI is InChI=1S/C18H21N3O5S/c1-21-13(22)9-11(17(23)20-18-19-7-8-27-18)14(21)10-5-6-12(24-2)16(26-4)15(10)25-3/h5-8,11,14H,9H2,1-4H3,(H,19,20,23)/t11-,14-/m0/s1. The molecule has 1 aromatic heterocycles. The van der Waals surface area contributed by atoms with E-state index in [0.29, 0.717) is 27.9 Å². The average molecular weight is 391 g/mol. The van der Waals surface area contributed by atoms with Crippen LogP contribution in [0, 0.1) is 5.92 Å². The lowest BCUT2D eigenvalue weighted by Gasteiger charge is -2.27. The Morgan fingerprint density at radius 3 is 2.56 bits per heavy atom. The van der Waals surface area contributed by atoms with E-state index in [-0.39, 0.29) is 18.2 Å². The van der Waals surface area contributed by atoms with Gasteiger partial charge in [-0.05, 0) is 12.1 Å². The summed E-state index contributed by atoms with van der Waals surface area (Å²) in [5, 5.41) is 5.06. The lowest BCUT2D eigenvalue weighted by atomic mass is 9.92. The number of ether oxygens (including phenoxy) is 3. The number of benzene rings is 1. The Kier molecular flexibility index (Phi) is 5.50. The molecule has 0 unspecified atom stereocenters. The summed E-state index contributed by atoms with van der Waals surface area (Å²) in [5.74, 6) is 0.410. The first-order valence-electron chi connectivity index (χ1n) is 8.26. The molecule has 1 N–H and O–H groups in total. The van der Waals surface area contributed by atoms with Crippen LogP contribution in [0.3, 0.4) is 0 Å². The first-order valence-corrected chi connectivity index (χ1v) is 9.14. The molecule has 2 aromatic rings. The van der Waals surface area contributed by atoms with Gasteiger partial charge < -0.3 is 24.4 Å². The van der Waals surface area contributed by atoms with E-state index in [2.05, 4.69) is 10.3 Å². The molecule has 27 heavy (non-hydrogen) atoms. The van der Waals surface area contributed by atoms with Crippen LogP contribution < -0.4 is 19.5 Å². The molecule has 1 aliphatic rings. The number of nitrogens with one attached hydrogen (secondary N) is 1. The first-order chi connectivity index (χ1) is 13.0. The maximum Gasteiger partial charge on any atom is 0.232 e. The quantitative estimate of drug-likeness (QED) is 0.813. The van der Waals surface area contributed by atoms with E-state index >= 15 is 0 Å². The highest BCUT2D eigenvalue weighted by Gasteiger charge is 2.44. The van der Waals surface area contributed by atoms with E-state index in [0.717, 1.165) is 0 Å². The molecule has 144 valence electrons. The van der Waals surface area contributed by atoms with Crippen LogP contribution in [0.5, 0.6) is 17.2 Å². The van der Waals surface area contributed by atoms with Crippen LogP contribution in [-0.2, 0) is 9.59 Å². The lowest BCUT2D eigenvalue weighted by molar-refractivity contribution is -0.128. The second-order valence-corrected chi connectivity index (χ2v) is 6.90. The molecule has 0 bridgehead atoms. The van der Waals surface area contributed by atoms with Crippen molar-refractivity contribution in [1.82, 2.24) is 9.88 Å². The molecule has 0 radical (unpaired) electrons. The highest BCUT2D eigenvalue weighted by molar-refractivity contribution is 7.13. The number of carbonyl (C=O) groups is 2. The Morgan fingerprint density at radius 1 is 1.22 bits per heavy atom. The van der Waals surface area contributed by atoms with Gasteiger partial charge in [0.05, 0.1) is 33.3 Å². The normalized spacial score (nSPS) is 19.1. The molecule has 1 saturated heterocycles. The van der Waals surface area contributed by atoms with Crippen molar-refractivity contribution in [3.63, 3.8) is 0 Å². The number of nitrogens with zero attached hydrogens (tertiary/aromatic N) is 2. The molecule has 1 aliphatic heterocycles. The maximum absolute atomic E-state index is 12.8. The fourth-order valence-corrected chi connectivity index (χ4v) is 3.90. The lowest BCUT2D eigenvalue weighted by Crippen LogP contribution is -2.30. The Morgan fingerprint density at radius 2 is 1.96 bits per heavy atom. The number of thiazole rings is 1. The smallest absolute Gasteiger partial charge is 0.232 e. The zero-order valence-electron chi connectivity index (χ0n) is 15.5. The third-order valence-electron chi connectivity index (χ3n) is 4.64. The van der Waals surface area contributed by atoms with Crippen molar-refractivity contribution in [3.8, 4) is 17.2 Å². The van der Waals surface area contributed by atoms with E-state index in [4.69, 9.17) is 14.2 Å². The number of carbonyl (C=O) groups excluding carboxylic acids is 2. The Bertz CT molecular complexity index is 840. The summed E-state index contributed by atoms with van der Waals surface area (Å²) in [5.41, 5.74) is 0.683. The second-order valence-electron chi connectivity index (χ2n) is 6.01. The molecule has 2 heterocycles. The van der Waals surface area contributed by atoms with Gasteiger partial charge in [0, 0.05) is 30.6 Å². The Labute approximate surface area is 161 Å². The summed E-state index contributed by atoms with van der Waals surface area (Å²) in [6.45, 7) is 0. The molecule has 9 heteroatoms. The van der Waals surface area contributed by atoms with Crippen LogP contribution in [0.15, 0.2) is 23.7 Å². The number of anilines is 1. The van der Waals surface area contributed by atoms with Crippen LogP contribution >= 0.6 is 11.3 Å². The van der Waals surface area contributed by atoms with Crippen molar-refractivity contribution < 1.29 is 23.8 Å². The second kappa shape index (κ2) is 7.83. The largest absolute Gasteiger partial charge is 0.493 e. The minimum atomic E-state index is -0.585. The molecular formula is C18H21N3O5S. The number of hydrogen-bond donors (Lipinski definition) is 1.